The van der Waals surface area contributed by atoms with Crippen molar-refractivity contribution in [2.45, 2.75) is 0 Å². The summed E-state index contributed by atoms with van der Waals surface area (Å²) in [7, 11) is 0. The van der Waals surface area contributed by atoms with E-state index in [0.717, 1.165) is 11.4 Å². The lowest BCUT2D eigenvalue weighted by atomic mass is 9.95. The van der Waals surface area contributed by atoms with Crippen LogP contribution in [0.3, 0.4) is 0 Å². The molecule has 0 unspecified atom stereocenters. The molecule has 1 heterocycles. The highest BCUT2D eigenvalue weighted by Gasteiger charge is 2.16. The van der Waals surface area contributed by atoms with E-state index in [0.29, 0.717) is 0 Å². The summed E-state index contributed by atoms with van der Waals surface area (Å²) >= 11 is 1.90. The Bertz CT molecular complexity index is 1810. The van der Waals surface area contributed by atoms with Gasteiger partial charge in [0.2, 0.25) is 0 Å². The van der Waals surface area contributed by atoms with Crippen LogP contribution >= 0.6 is 11.3 Å². The van der Waals surface area contributed by atoms with E-state index >= 15 is 0 Å². The third kappa shape index (κ3) is 3.07. The van der Waals surface area contributed by atoms with Crippen LogP contribution < -0.4 is 5.32 Å². The van der Waals surface area contributed by atoms with Crippen LogP contribution in [0.2, 0.25) is 0 Å². The molecular formula is C32H21NS. The highest BCUT2D eigenvalue weighted by Crippen LogP contribution is 2.46. The van der Waals surface area contributed by atoms with Crippen LogP contribution in [0.5, 0.6) is 0 Å². The molecule has 7 aromatic rings. The van der Waals surface area contributed by atoms with Gasteiger partial charge in [-0.3, -0.25) is 0 Å². The first-order valence-electron chi connectivity index (χ1n) is 11.5. The molecule has 0 aliphatic rings. The molecule has 0 saturated carbocycles. The number of hydrogen-bond acceptors (Lipinski definition) is 2. The van der Waals surface area contributed by atoms with E-state index in [4.69, 9.17) is 0 Å². The lowest BCUT2D eigenvalue weighted by Gasteiger charge is -2.10. The van der Waals surface area contributed by atoms with E-state index in [2.05, 4.69) is 108 Å². The molecule has 0 aliphatic heterocycles. The van der Waals surface area contributed by atoms with Crippen LogP contribution in [0.1, 0.15) is 0 Å². The van der Waals surface area contributed by atoms with Crippen molar-refractivity contribution in [3.05, 3.63) is 121 Å². The quantitative estimate of drug-likeness (QED) is 0.282. The van der Waals surface area contributed by atoms with Crippen molar-refractivity contribution in [2.75, 3.05) is 5.32 Å². The second kappa shape index (κ2) is 7.72. The van der Waals surface area contributed by atoms with E-state index in [1.807, 2.05) is 29.5 Å². The fourth-order valence-corrected chi connectivity index (χ4v) is 6.29. The third-order valence-corrected chi connectivity index (χ3v) is 7.80. The summed E-state index contributed by atoms with van der Waals surface area (Å²) in [5, 5.41) is 11.5. The maximum Gasteiger partial charge on any atom is 0.0440 e. The van der Waals surface area contributed by atoms with Gasteiger partial charge in [-0.15, -0.1) is 11.3 Å². The molecule has 0 bridgehead atoms. The van der Waals surface area contributed by atoms with Gasteiger partial charge in [-0.25, -0.2) is 0 Å². The predicted octanol–water partition coefficient (Wildman–Crippen LogP) is 9.77. The minimum Gasteiger partial charge on any atom is -0.356 e. The average molecular weight is 452 g/mol. The maximum absolute atomic E-state index is 3.49. The zero-order chi connectivity index (χ0) is 22.5. The molecule has 7 rings (SSSR count). The lowest BCUT2D eigenvalue weighted by molar-refractivity contribution is 1.55. The van der Waals surface area contributed by atoms with E-state index in [9.17, 15) is 0 Å². The summed E-state index contributed by atoms with van der Waals surface area (Å²) < 4.78 is 2.70. The lowest BCUT2D eigenvalue weighted by Crippen LogP contribution is -1.89. The van der Waals surface area contributed by atoms with E-state index < -0.39 is 0 Å². The molecule has 1 aromatic heterocycles. The van der Waals surface area contributed by atoms with E-state index in [1.54, 1.807) is 0 Å². The Kier molecular flexibility index (Phi) is 4.39. The highest BCUT2D eigenvalue weighted by atomic mass is 32.1. The van der Waals surface area contributed by atoms with Crippen LogP contribution in [0.25, 0.3) is 52.8 Å². The molecule has 0 aliphatic carbocycles. The number of fused-ring (bicyclic) bond motifs is 7. The van der Waals surface area contributed by atoms with Gasteiger partial charge in [-0.2, -0.15) is 0 Å². The third-order valence-electron chi connectivity index (χ3n) is 6.61. The summed E-state index contributed by atoms with van der Waals surface area (Å²) in [6, 6.07) is 43.5. The first kappa shape index (κ1) is 19.3. The molecule has 34 heavy (non-hydrogen) atoms. The molecule has 0 atom stereocenters. The van der Waals surface area contributed by atoms with Gasteiger partial charge in [0.25, 0.3) is 0 Å². The molecule has 0 radical (unpaired) electrons. The number of rotatable bonds is 3. The Balaban J connectivity index is 1.47. The second-order valence-electron chi connectivity index (χ2n) is 8.68. The van der Waals surface area contributed by atoms with Crippen LogP contribution in [0, 0.1) is 0 Å². The highest BCUT2D eigenvalue weighted by molar-refractivity contribution is 7.26. The molecule has 1 nitrogen and oxygen atoms in total. The minimum atomic E-state index is 1.09. The van der Waals surface area contributed by atoms with Crippen LogP contribution in [0.15, 0.2) is 121 Å². The number of para-hydroxylation sites is 1. The Labute approximate surface area is 201 Å². The van der Waals surface area contributed by atoms with Gasteiger partial charge in [0.15, 0.2) is 0 Å². The van der Waals surface area contributed by atoms with Crippen LogP contribution in [0.4, 0.5) is 11.4 Å². The summed E-state index contributed by atoms with van der Waals surface area (Å²) in [5.74, 6) is 0. The largest absolute Gasteiger partial charge is 0.356 e. The molecule has 0 amide bonds. The molecule has 0 saturated heterocycles. The summed E-state index contributed by atoms with van der Waals surface area (Å²) in [4.78, 5) is 0. The molecule has 0 spiro atoms. The standard InChI is InChI=1S/C32H21NS/c1-2-10-24(11-3-1)33-25-17-14-22(15-18-25)28-20-23-9-5-7-13-27(23)31-30-26-12-6-4-8-21(26)16-19-29(30)34-32(28)31/h1-20,33H. The van der Waals surface area contributed by atoms with Crippen molar-refractivity contribution in [3.63, 3.8) is 0 Å². The smallest absolute Gasteiger partial charge is 0.0440 e. The number of nitrogens with one attached hydrogen (secondary N) is 1. The molecular weight excluding hydrogens is 430 g/mol. The van der Waals surface area contributed by atoms with Gasteiger partial charge in [0.05, 0.1) is 0 Å². The van der Waals surface area contributed by atoms with Gasteiger partial charge in [0, 0.05) is 37.1 Å². The zero-order valence-electron chi connectivity index (χ0n) is 18.5. The van der Waals surface area contributed by atoms with Gasteiger partial charge in [0.1, 0.15) is 0 Å². The van der Waals surface area contributed by atoms with E-state index in [-0.39, 0.29) is 0 Å². The van der Waals surface area contributed by atoms with Gasteiger partial charge in [-0.1, -0.05) is 84.9 Å². The monoisotopic (exact) mass is 451 g/mol. The summed E-state index contributed by atoms with van der Waals surface area (Å²) in [6.45, 7) is 0. The first-order chi connectivity index (χ1) is 16.8. The number of anilines is 2. The molecule has 160 valence electrons. The van der Waals surface area contributed by atoms with Gasteiger partial charge >= 0.3 is 0 Å². The van der Waals surface area contributed by atoms with Crippen molar-refractivity contribution in [1.82, 2.24) is 0 Å². The maximum atomic E-state index is 3.49. The Hall–Kier alpha value is -4.14. The SMILES string of the molecule is c1ccc(Nc2ccc(-c3cc4ccccc4c4c3sc3ccc5ccccc5c34)cc2)cc1. The topological polar surface area (TPSA) is 12.0 Å². The summed E-state index contributed by atoms with van der Waals surface area (Å²) in [6.07, 6.45) is 0. The first-order valence-corrected chi connectivity index (χ1v) is 12.3. The number of hydrogen-bond donors (Lipinski definition) is 1. The number of thiophene rings is 1. The van der Waals surface area contributed by atoms with Crippen molar-refractivity contribution < 1.29 is 0 Å². The fraction of sp³-hybridized carbons (Fsp3) is 0. The minimum absolute atomic E-state index is 1.09. The summed E-state index contributed by atoms with van der Waals surface area (Å²) in [5.41, 5.74) is 4.73. The molecule has 6 aromatic carbocycles. The Morgan fingerprint density at radius 3 is 1.94 bits per heavy atom. The van der Waals surface area contributed by atoms with Gasteiger partial charge in [-0.05, 0) is 63.5 Å². The molecule has 0 fully saturated rings. The van der Waals surface area contributed by atoms with Crippen LogP contribution in [-0.4, -0.2) is 0 Å². The van der Waals surface area contributed by atoms with Crippen molar-refractivity contribution in [2.24, 2.45) is 0 Å². The van der Waals surface area contributed by atoms with E-state index in [1.165, 1.54) is 52.8 Å². The van der Waals surface area contributed by atoms with Crippen LogP contribution in [-0.2, 0) is 0 Å². The average Bonchev–Trinajstić information content (AvgIpc) is 3.30. The predicted molar refractivity (Wildman–Crippen MR) is 150 cm³/mol. The fourth-order valence-electron chi connectivity index (χ4n) is 5.02. The van der Waals surface area contributed by atoms with Crippen molar-refractivity contribution >= 4 is 64.4 Å². The van der Waals surface area contributed by atoms with Crippen molar-refractivity contribution in [3.8, 4) is 11.1 Å². The molecule has 2 heteroatoms. The van der Waals surface area contributed by atoms with Gasteiger partial charge < -0.3 is 5.32 Å². The van der Waals surface area contributed by atoms with Crippen molar-refractivity contribution in [1.29, 1.82) is 0 Å². The second-order valence-corrected chi connectivity index (χ2v) is 9.73. The Morgan fingerprint density at radius 1 is 0.500 bits per heavy atom. The molecule has 1 N–H and O–H groups in total. The number of benzene rings is 6. The normalized spacial score (nSPS) is 11.5. The zero-order valence-corrected chi connectivity index (χ0v) is 19.3. The Morgan fingerprint density at radius 2 is 1.15 bits per heavy atom.